The van der Waals surface area contributed by atoms with Crippen LogP contribution >= 0.6 is 11.3 Å². The summed E-state index contributed by atoms with van der Waals surface area (Å²) in [6.07, 6.45) is 6.84. The minimum atomic E-state index is 0.691. The highest BCUT2D eigenvalue weighted by molar-refractivity contribution is 7.11. The summed E-state index contributed by atoms with van der Waals surface area (Å²) in [6.45, 7) is 5.22. The highest BCUT2D eigenvalue weighted by atomic mass is 32.1. The minimum Gasteiger partial charge on any atom is -0.308 e. The lowest BCUT2D eigenvalue weighted by molar-refractivity contribution is 0.0482. The Morgan fingerprint density at radius 3 is 2.53 bits per heavy atom. The molecule has 0 amide bonds. The van der Waals surface area contributed by atoms with Crippen molar-refractivity contribution in [3.63, 3.8) is 0 Å². The maximum atomic E-state index is 4.63. The van der Waals surface area contributed by atoms with Gasteiger partial charge in [0.2, 0.25) is 0 Å². The Morgan fingerprint density at radius 2 is 1.95 bits per heavy atom. The average molecular weight is 279 g/mol. The largest absolute Gasteiger partial charge is 0.308 e. The van der Waals surface area contributed by atoms with Gasteiger partial charge >= 0.3 is 0 Å². The average Bonchev–Trinajstić information content (AvgIpc) is 2.67. The van der Waals surface area contributed by atoms with Crippen molar-refractivity contribution in [1.29, 1.82) is 0 Å². The predicted octanol–water partition coefficient (Wildman–Crippen LogP) is 2.86. The molecule has 2 fully saturated rings. The van der Waals surface area contributed by atoms with Crippen molar-refractivity contribution in [2.24, 2.45) is 0 Å². The molecule has 0 aliphatic carbocycles. The van der Waals surface area contributed by atoms with Crippen LogP contribution in [-0.2, 0) is 6.54 Å². The zero-order chi connectivity index (χ0) is 13.4. The zero-order valence-electron chi connectivity index (χ0n) is 12.3. The van der Waals surface area contributed by atoms with Crippen LogP contribution in [0.2, 0.25) is 0 Å². The van der Waals surface area contributed by atoms with E-state index in [-0.39, 0.29) is 0 Å². The lowest BCUT2D eigenvalue weighted by Crippen LogP contribution is -2.54. The van der Waals surface area contributed by atoms with Crippen molar-refractivity contribution >= 4 is 11.3 Å². The van der Waals surface area contributed by atoms with E-state index in [0.29, 0.717) is 6.04 Å². The number of fused-ring (bicyclic) bond motifs is 2. The monoisotopic (exact) mass is 279 g/mol. The fraction of sp³-hybridized carbons (Fsp3) is 0.800. The molecule has 0 spiro atoms. The van der Waals surface area contributed by atoms with Gasteiger partial charge in [0, 0.05) is 29.5 Å². The number of hydrogen-bond donors (Lipinski definition) is 1. The Hall–Kier alpha value is -0.450. The first kappa shape index (κ1) is 13.5. The lowest BCUT2D eigenvalue weighted by Gasteiger charge is -2.47. The summed E-state index contributed by atoms with van der Waals surface area (Å²) in [6, 6.07) is 2.31. The van der Waals surface area contributed by atoms with Gasteiger partial charge in [-0.15, -0.1) is 11.3 Å². The molecule has 1 aromatic heterocycles. The van der Waals surface area contributed by atoms with Crippen LogP contribution in [0.3, 0.4) is 0 Å². The summed E-state index contributed by atoms with van der Waals surface area (Å²) in [4.78, 5) is 8.61. The number of nitrogens with zero attached hydrogens (tertiary/aromatic N) is 2. The molecule has 19 heavy (non-hydrogen) atoms. The third kappa shape index (κ3) is 2.86. The van der Waals surface area contributed by atoms with Gasteiger partial charge in [-0.1, -0.05) is 6.42 Å². The number of aryl methyl sites for hydroxylation is 2. The molecule has 2 aliphatic rings. The van der Waals surface area contributed by atoms with E-state index in [9.17, 15) is 0 Å². The molecule has 3 rings (SSSR count). The van der Waals surface area contributed by atoms with Crippen molar-refractivity contribution in [1.82, 2.24) is 15.2 Å². The summed E-state index contributed by atoms with van der Waals surface area (Å²) in [5.41, 5.74) is 1.20. The Bertz CT molecular complexity index is 409. The fourth-order valence-electron chi connectivity index (χ4n) is 3.63. The van der Waals surface area contributed by atoms with Crippen molar-refractivity contribution in [3.8, 4) is 0 Å². The van der Waals surface area contributed by atoms with Gasteiger partial charge in [0.05, 0.1) is 5.69 Å². The number of nitrogens with one attached hydrogen (secondary N) is 1. The van der Waals surface area contributed by atoms with E-state index < -0.39 is 0 Å². The molecule has 0 saturated carbocycles. The van der Waals surface area contributed by atoms with Crippen molar-refractivity contribution in [3.05, 3.63) is 15.6 Å². The first-order valence-electron chi connectivity index (χ1n) is 7.51. The van der Waals surface area contributed by atoms with Gasteiger partial charge in [-0.3, -0.25) is 0 Å². The van der Waals surface area contributed by atoms with Crippen molar-refractivity contribution in [2.45, 2.75) is 70.6 Å². The number of aromatic nitrogens is 1. The summed E-state index contributed by atoms with van der Waals surface area (Å²) >= 11 is 1.84. The molecule has 4 heteroatoms. The second-order valence-electron chi connectivity index (χ2n) is 6.20. The molecule has 0 aromatic carbocycles. The van der Waals surface area contributed by atoms with E-state index in [4.69, 9.17) is 0 Å². The summed E-state index contributed by atoms with van der Waals surface area (Å²) in [5, 5.41) is 5.00. The molecule has 2 bridgehead atoms. The molecule has 1 aromatic rings. The highest BCUT2D eigenvalue weighted by Crippen LogP contribution is 2.32. The molecular formula is C15H25N3S. The normalized spacial score (nSPS) is 31.6. The highest BCUT2D eigenvalue weighted by Gasteiger charge is 2.35. The molecule has 106 valence electrons. The van der Waals surface area contributed by atoms with Crippen LogP contribution < -0.4 is 5.32 Å². The van der Waals surface area contributed by atoms with Crippen molar-refractivity contribution in [2.75, 3.05) is 7.05 Å². The molecule has 0 radical (unpaired) electrons. The number of thiazole rings is 1. The fourth-order valence-corrected chi connectivity index (χ4v) is 4.51. The van der Waals surface area contributed by atoms with Crippen LogP contribution in [-0.4, -0.2) is 35.1 Å². The maximum Gasteiger partial charge on any atom is 0.107 e. The Balaban J connectivity index is 1.56. The van der Waals surface area contributed by atoms with Crippen LogP contribution in [0.4, 0.5) is 0 Å². The number of piperidine rings is 2. The van der Waals surface area contributed by atoms with E-state index in [2.05, 4.69) is 36.1 Å². The third-order valence-electron chi connectivity index (χ3n) is 4.95. The summed E-state index contributed by atoms with van der Waals surface area (Å²) in [5.74, 6) is 0. The second-order valence-corrected chi connectivity index (χ2v) is 7.49. The molecule has 2 unspecified atom stereocenters. The summed E-state index contributed by atoms with van der Waals surface area (Å²) < 4.78 is 0. The van der Waals surface area contributed by atoms with E-state index >= 15 is 0 Å². The molecule has 2 saturated heterocycles. The van der Waals surface area contributed by atoms with Gasteiger partial charge in [0.1, 0.15) is 5.01 Å². The number of rotatable bonds is 3. The van der Waals surface area contributed by atoms with Crippen LogP contribution in [0.25, 0.3) is 0 Å². The van der Waals surface area contributed by atoms with Crippen molar-refractivity contribution < 1.29 is 0 Å². The predicted molar refractivity (Wildman–Crippen MR) is 80.6 cm³/mol. The van der Waals surface area contributed by atoms with Gasteiger partial charge < -0.3 is 10.2 Å². The van der Waals surface area contributed by atoms with Gasteiger partial charge in [0.25, 0.3) is 0 Å². The minimum absolute atomic E-state index is 0.691. The molecule has 3 nitrogen and oxygen atoms in total. The summed E-state index contributed by atoms with van der Waals surface area (Å²) in [7, 11) is 2.32. The van der Waals surface area contributed by atoms with Gasteiger partial charge in [-0.05, 0) is 46.6 Å². The quantitative estimate of drug-likeness (QED) is 0.922. The number of hydrogen-bond acceptors (Lipinski definition) is 4. The van der Waals surface area contributed by atoms with E-state index in [1.165, 1.54) is 47.7 Å². The van der Waals surface area contributed by atoms with Crippen LogP contribution in [0.1, 0.15) is 47.7 Å². The third-order valence-corrected chi connectivity index (χ3v) is 6.03. The Kier molecular flexibility index (Phi) is 3.92. The van der Waals surface area contributed by atoms with Crippen LogP contribution in [0.15, 0.2) is 0 Å². The smallest absolute Gasteiger partial charge is 0.107 e. The van der Waals surface area contributed by atoms with Gasteiger partial charge in [-0.25, -0.2) is 4.98 Å². The Morgan fingerprint density at radius 1 is 1.26 bits per heavy atom. The zero-order valence-corrected chi connectivity index (χ0v) is 13.1. The standard InChI is InChI=1S/C15H25N3S/c1-10-11(2)19-15(17-10)9-16-12-7-13-5-4-6-14(8-12)18(13)3/h12-14,16H,4-9H2,1-3H3. The molecular weight excluding hydrogens is 254 g/mol. The van der Waals surface area contributed by atoms with E-state index in [1.54, 1.807) is 0 Å². The maximum absolute atomic E-state index is 4.63. The van der Waals surface area contributed by atoms with E-state index in [1.807, 2.05) is 11.3 Å². The molecule has 2 atom stereocenters. The first-order chi connectivity index (χ1) is 9.13. The molecule has 2 aliphatic heterocycles. The second kappa shape index (κ2) is 5.51. The van der Waals surface area contributed by atoms with Crippen LogP contribution in [0.5, 0.6) is 0 Å². The first-order valence-corrected chi connectivity index (χ1v) is 8.33. The van der Waals surface area contributed by atoms with Crippen LogP contribution in [0, 0.1) is 13.8 Å². The van der Waals surface area contributed by atoms with E-state index in [0.717, 1.165) is 18.6 Å². The molecule has 3 heterocycles. The van der Waals surface area contributed by atoms with Gasteiger partial charge in [-0.2, -0.15) is 0 Å². The molecule has 1 N–H and O–H groups in total. The lowest BCUT2D eigenvalue weighted by atomic mass is 9.82. The SMILES string of the molecule is Cc1nc(CNC2CC3CCCC(C2)N3C)sc1C. The van der Waals surface area contributed by atoms with Gasteiger partial charge in [0.15, 0.2) is 0 Å². The topological polar surface area (TPSA) is 28.2 Å². The Labute approximate surface area is 120 Å².